The van der Waals surface area contributed by atoms with Gasteiger partial charge in [0.15, 0.2) is 6.29 Å². The molecule has 0 bridgehead atoms. The van der Waals surface area contributed by atoms with Crippen molar-refractivity contribution in [2.75, 3.05) is 0 Å². The zero-order valence-corrected chi connectivity index (χ0v) is 16.2. The van der Waals surface area contributed by atoms with Crippen LogP contribution in [0.25, 0.3) is 16.9 Å². The molecule has 26 heavy (non-hydrogen) atoms. The van der Waals surface area contributed by atoms with E-state index in [0.29, 0.717) is 37.8 Å². The number of ether oxygens (including phenoxy) is 1. The fourth-order valence-corrected chi connectivity index (χ4v) is 3.94. The number of fused-ring (bicyclic) bond motifs is 3. The molecule has 0 radical (unpaired) electrons. The van der Waals surface area contributed by atoms with E-state index in [1.54, 1.807) is 35.0 Å². The van der Waals surface area contributed by atoms with Crippen LogP contribution in [0.1, 0.15) is 29.9 Å². The van der Waals surface area contributed by atoms with Gasteiger partial charge in [0.25, 0.3) is 0 Å². The van der Waals surface area contributed by atoms with Gasteiger partial charge in [0.2, 0.25) is 0 Å². The van der Waals surface area contributed by atoms with E-state index in [9.17, 15) is 4.79 Å². The molecule has 1 aromatic heterocycles. The number of nitrogens with zero attached hydrogens (tertiary/aromatic N) is 2. The Labute approximate surface area is 165 Å². The highest BCUT2D eigenvalue weighted by atomic mass is 35.5. The van der Waals surface area contributed by atoms with Crippen LogP contribution < -0.4 is 4.74 Å². The van der Waals surface area contributed by atoms with Crippen molar-refractivity contribution in [2.24, 2.45) is 0 Å². The minimum Gasteiger partial charge on any atom is -0.482 e. The molecule has 2 aromatic carbocycles. The van der Waals surface area contributed by atoms with Crippen molar-refractivity contribution in [1.29, 1.82) is 0 Å². The third kappa shape index (κ3) is 2.60. The number of hydrogen-bond acceptors (Lipinski definition) is 3. The van der Waals surface area contributed by atoms with Crippen molar-refractivity contribution in [3.63, 3.8) is 0 Å². The maximum atomic E-state index is 11.7. The van der Waals surface area contributed by atoms with Crippen LogP contribution in [-0.4, -0.2) is 16.1 Å². The zero-order valence-electron chi connectivity index (χ0n) is 13.9. The summed E-state index contributed by atoms with van der Waals surface area (Å²) in [5.41, 5.74) is 2.40. The van der Waals surface area contributed by atoms with Gasteiger partial charge in [-0.2, -0.15) is 5.10 Å². The van der Waals surface area contributed by atoms with E-state index in [1.165, 1.54) is 0 Å². The Morgan fingerprint density at radius 1 is 1.08 bits per heavy atom. The molecule has 1 aliphatic rings. The van der Waals surface area contributed by atoms with Gasteiger partial charge in [0, 0.05) is 15.6 Å². The lowest BCUT2D eigenvalue weighted by Crippen LogP contribution is -2.30. The lowest BCUT2D eigenvalue weighted by molar-refractivity contribution is 0.100. The lowest BCUT2D eigenvalue weighted by atomic mass is 9.89. The first-order chi connectivity index (χ1) is 12.3. The first kappa shape index (κ1) is 17.4. The van der Waals surface area contributed by atoms with Crippen LogP contribution in [-0.2, 0) is 5.60 Å². The Kier molecular flexibility index (Phi) is 4.03. The second kappa shape index (κ2) is 6.02. The number of aromatic nitrogens is 2. The Balaban J connectivity index is 2.10. The molecule has 4 nitrogen and oxygen atoms in total. The van der Waals surface area contributed by atoms with Crippen LogP contribution in [0.2, 0.25) is 15.1 Å². The largest absolute Gasteiger partial charge is 0.482 e. The normalized spacial score (nSPS) is 14.3. The summed E-state index contributed by atoms with van der Waals surface area (Å²) in [5, 5.41) is 6.01. The number of carbonyl (C=O) groups is 1. The van der Waals surface area contributed by atoms with E-state index in [1.807, 2.05) is 19.9 Å². The maximum absolute atomic E-state index is 11.7. The van der Waals surface area contributed by atoms with Crippen LogP contribution in [0.15, 0.2) is 36.4 Å². The van der Waals surface area contributed by atoms with Gasteiger partial charge < -0.3 is 4.74 Å². The molecule has 1 aliphatic heterocycles. The highest BCUT2D eigenvalue weighted by molar-refractivity contribution is 6.35. The van der Waals surface area contributed by atoms with Crippen molar-refractivity contribution in [1.82, 2.24) is 9.78 Å². The number of halogens is 3. The first-order valence-electron chi connectivity index (χ1n) is 7.85. The summed E-state index contributed by atoms with van der Waals surface area (Å²) in [6.07, 6.45) is 0.727. The molecule has 0 spiro atoms. The van der Waals surface area contributed by atoms with Crippen LogP contribution in [0.3, 0.4) is 0 Å². The number of carbonyl (C=O) groups excluding carboxylic acids is 1. The van der Waals surface area contributed by atoms with Crippen molar-refractivity contribution < 1.29 is 9.53 Å². The minimum absolute atomic E-state index is 0.302. The summed E-state index contributed by atoms with van der Waals surface area (Å²) in [6, 6.07) is 10.5. The number of hydrogen-bond donors (Lipinski definition) is 0. The van der Waals surface area contributed by atoms with Crippen LogP contribution >= 0.6 is 34.8 Å². The van der Waals surface area contributed by atoms with Gasteiger partial charge >= 0.3 is 0 Å². The quantitative estimate of drug-likeness (QED) is 0.494. The van der Waals surface area contributed by atoms with Crippen molar-refractivity contribution >= 4 is 41.1 Å². The molecule has 2 heterocycles. The smallest absolute Gasteiger partial charge is 0.170 e. The second-order valence-electron chi connectivity index (χ2n) is 6.49. The third-order valence-electron chi connectivity index (χ3n) is 4.33. The molecule has 0 N–H and O–H groups in total. The van der Waals surface area contributed by atoms with Crippen molar-refractivity contribution in [3.8, 4) is 22.7 Å². The van der Waals surface area contributed by atoms with Gasteiger partial charge in [0.05, 0.1) is 22.0 Å². The Hall–Kier alpha value is -2.01. The highest BCUT2D eigenvalue weighted by Crippen LogP contribution is 2.48. The fourth-order valence-electron chi connectivity index (χ4n) is 3.29. The van der Waals surface area contributed by atoms with Crippen molar-refractivity contribution in [3.05, 3.63) is 62.7 Å². The molecule has 0 unspecified atom stereocenters. The van der Waals surface area contributed by atoms with Crippen LogP contribution in [0, 0.1) is 0 Å². The highest BCUT2D eigenvalue weighted by Gasteiger charge is 2.39. The average Bonchev–Trinajstić information content (AvgIpc) is 2.95. The summed E-state index contributed by atoms with van der Waals surface area (Å²) < 4.78 is 7.78. The van der Waals surface area contributed by atoms with Crippen LogP contribution in [0.4, 0.5) is 0 Å². The standard InChI is InChI=1S/C19H13Cl3N2O2/c1-19(2)17-14(9-25)23-24(15-6-4-10(20)7-13(15)22)18(17)12-5-3-11(21)8-16(12)26-19/h3-9H,1-2H3. The van der Waals surface area contributed by atoms with Crippen molar-refractivity contribution in [2.45, 2.75) is 19.4 Å². The predicted molar refractivity (Wildman–Crippen MR) is 103 cm³/mol. The number of aldehydes is 1. The predicted octanol–water partition coefficient (Wildman–Crippen LogP) is 5.94. The summed E-state index contributed by atoms with van der Waals surface area (Å²) >= 11 is 18.5. The second-order valence-corrected chi connectivity index (χ2v) is 7.77. The first-order valence-corrected chi connectivity index (χ1v) is 8.98. The molecule has 0 fully saturated rings. The van der Waals surface area contributed by atoms with Gasteiger partial charge in [-0.15, -0.1) is 0 Å². The molecular formula is C19H13Cl3N2O2. The molecule has 3 aromatic rings. The van der Waals surface area contributed by atoms with Gasteiger partial charge in [-0.05, 0) is 50.2 Å². The monoisotopic (exact) mass is 406 g/mol. The molecule has 4 rings (SSSR count). The summed E-state index contributed by atoms with van der Waals surface area (Å²) in [7, 11) is 0. The molecule has 0 aliphatic carbocycles. The number of rotatable bonds is 2. The zero-order chi connectivity index (χ0) is 18.6. The van der Waals surface area contributed by atoms with E-state index >= 15 is 0 Å². The van der Waals surface area contributed by atoms with E-state index in [-0.39, 0.29) is 0 Å². The van der Waals surface area contributed by atoms with Crippen LogP contribution in [0.5, 0.6) is 5.75 Å². The van der Waals surface area contributed by atoms with E-state index in [0.717, 1.165) is 17.5 Å². The van der Waals surface area contributed by atoms with Gasteiger partial charge in [-0.3, -0.25) is 4.79 Å². The Morgan fingerprint density at radius 2 is 1.77 bits per heavy atom. The molecule has 0 amide bonds. The molecular weight excluding hydrogens is 395 g/mol. The summed E-state index contributed by atoms with van der Waals surface area (Å²) in [6.45, 7) is 3.77. The van der Waals surface area contributed by atoms with E-state index < -0.39 is 5.60 Å². The minimum atomic E-state index is -0.763. The summed E-state index contributed by atoms with van der Waals surface area (Å²) in [5.74, 6) is 0.624. The molecule has 0 atom stereocenters. The molecule has 132 valence electrons. The van der Waals surface area contributed by atoms with E-state index in [4.69, 9.17) is 39.5 Å². The maximum Gasteiger partial charge on any atom is 0.170 e. The topological polar surface area (TPSA) is 44.1 Å². The average molecular weight is 408 g/mol. The fraction of sp³-hybridized carbons (Fsp3) is 0.158. The summed E-state index contributed by atoms with van der Waals surface area (Å²) in [4.78, 5) is 11.7. The third-order valence-corrected chi connectivity index (χ3v) is 5.10. The lowest BCUT2D eigenvalue weighted by Gasteiger charge is -2.33. The molecule has 7 heteroatoms. The van der Waals surface area contributed by atoms with Gasteiger partial charge in [-0.1, -0.05) is 34.8 Å². The van der Waals surface area contributed by atoms with Gasteiger partial charge in [-0.25, -0.2) is 4.68 Å². The molecule has 0 saturated heterocycles. The molecule has 0 saturated carbocycles. The van der Waals surface area contributed by atoms with E-state index in [2.05, 4.69) is 5.10 Å². The SMILES string of the molecule is CC1(C)Oc2cc(Cl)ccc2-c2c1c(C=O)nn2-c1ccc(Cl)cc1Cl. The Bertz CT molecular complexity index is 1060. The number of benzene rings is 2. The Morgan fingerprint density at radius 3 is 2.46 bits per heavy atom. The van der Waals surface area contributed by atoms with Gasteiger partial charge in [0.1, 0.15) is 17.0 Å².